The second-order valence-corrected chi connectivity index (χ2v) is 4.05. The van der Waals surface area contributed by atoms with Gasteiger partial charge in [-0.05, 0) is 29.7 Å². The van der Waals surface area contributed by atoms with Gasteiger partial charge in [0.25, 0.3) is 0 Å². The zero-order chi connectivity index (χ0) is 12.5. The first kappa shape index (κ1) is 10.7. The van der Waals surface area contributed by atoms with Crippen molar-refractivity contribution in [3.05, 3.63) is 48.4 Å². The first-order valence-corrected chi connectivity index (χ1v) is 5.68. The van der Waals surface area contributed by atoms with Crippen molar-refractivity contribution < 1.29 is 4.42 Å². The Morgan fingerprint density at radius 1 is 1.22 bits per heavy atom. The van der Waals surface area contributed by atoms with E-state index in [1.807, 2.05) is 30.5 Å². The van der Waals surface area contributed by atoms with Gasteiger partial charge < -0.3 is 15.1 Å². The van der Waals surface area contributed by atoms with Crippen LogP contribution in [-0.2, 0) is 0 Å². The molecule has 18 heavy (non-hydrogen) atoms. The zero-order valence-electron chi connectivity index (χ0n) is 9.97. The van der Waals surface area contributed by atoms with E-state index < -0.39 is 0 Å². The molecule has 3 rings (SSSR count). The van der Waals surface area contributed by atoms with Crippen LogP contribution in [0.5, 0.6) is 0 Å². The second kappa shape index (κ2) is 4.07. The number of hydrogen-bond donors (Lipinski definition) is 2. The fourth-order valence-corrected chi connectivity index (χ4v) is 1.94. The summed E-state index contributed by atoms with van der Waals surface area (Å²) < 4.78 is 5.68. The van der Waals surface area contributed by atoms with Crippen LogP contribution >= 0.6 is 0 Å². The summed E-state index contributed by atoms with van der Waals surface area (Å²) in [5, 5.41) is 1.18. The quantitative estimate of drug-likeness (QED) is 0.533. The molecule has 3 N–H and O–H groups in total. The number of nitrogens with two attached hydrogens (primary N) is 1. The Hall–Kier alpha value is -2.49. The summed E-state index contributed by atoms with van der Waals surface area (Å²) >= 11 is 0. The number of rotatable bonds is 2. The van der Waals surface area contributed by atoms with Crippen molar-refractivity contribution >= 4 is 16.7 Å². The number of nitrogens with zero attached hydrogens (tertiary/aromatic N) is 1. The Morgan fingerprint density at radius 2 is 2.11 bits per heavy atom. The molecule has 0 saturated carbocycles. The van der Waals surface area contributed by atoms with E-state index in [2.05, 4.69) is 22.1 Å². The van der Waals surface area contributed by atoms with Crippen molar-refractivity contribution in [1.82, 2.24) is 4.98 Å². The molecule has 0 saturated heterocycles. The molecule has 0 unspecified atom stereocenters. The van der Waals surface area contributed by atoms with Gasteiger partial charge in [0.1, 0.15) is 5.76 Å². The monoisotopic (exact) mass is 239 g/mol. The van der Waals surface area contributed by atoms with Crippen LogP contribution in [0.3, 0.4) is 0 Å². The lowest BCUT2D eigenvalue weighted by atomic mass is 10.1. The minimum Gasteiger partial charge on any atom is -0.453 e. The van der Waals surface area contributed by atoms with Gasteiger partial charge in [0, 0.05) is 24.3 Å². The molecule has 0 atom stereocenters. The number of H-pyrrole nitrogens is 1. The van der Waals surface area contributed by atoms with E-state index in [1.165, 1.54) is 5.39 Å². The van der Waals surface area contributed by atoms with Crippen molar-refractivity contribution in [3.8, 4) is 11.3 Å². The molecule has 0 aliphatic heterocycles. The van der Waals surface area contributed by atoms with Gasteiger partial charge in [-0.15, -0.1) is 0 Å². The summed E-state index contributed by atoms with van der Waals surface area (Å²) in [6, 6.07) is 11.9. The molecule has 1 aromatic carbocycles. The third kappa shape index (κ3) is 1.68. The summed E-state index contributed by atoms with van der Waals surface area (Å²) in [6.45, 7) is 0. The van der Waals surface area contributed by atoms with Crippen LogP contribution in [0, 0.1) is 0 Å². The van der Waals surface area contributed by atoms with Crippen molar-refractivity contribution in [3.63, 3.8) is 0 Å². The molecule has 4 heteroatoms. The summed E-state index contributed by atoms with van der Waals surface area (Å²) in [4.78, 5) is 7.08. The summed E-state index contributed by atoms with van der Waals surface area (Å²) in [5.41, 5.74) is 7.81. The topological polar surface area (TPSA) is 67.3 Å². The standard InChI is InChI=1S/C14H13N3O/c1-16-14(15)13-5-4-12(18-13)10-3-2-9-6-7-17-11(9)8-10/h2-8,17H,1H3,(H2,15,16). The highest BCUT2D eigenvalue weighted by atomic mass is 16.3. The minimum atomic E-state index is 0.405. The van der Waals surface area contributed by atoms with E-state index in [4.69, 9.17) is 10.2 Å². The summed E-state index contributed by atoms with van der Waals surface area (Å²) in [7, 11) is 1.64. The SMILES string of the molecule is CN=C(N)c1ccc(-c2ccc3cc[nH]c3c2)o1. The van der Waals surface area contributed by atoms with Crippen LogP contribution in [0.1, 0.15) is 5.76 Å². The van der Waals surface area contributed by atoms with Gasteiger partial charge in [0.2, 0.25) is 0 Å². The number of amidine groups is 1. The number of aliphatic imine (C=N–C) groups is 1. The van der Waals surface area contributed by atoms with E-state index in [-0.39, 0.29) is 0 Å². The van der Waals surface area contributed by atoms with Crippen LogP contribution in [0.4, 0.5) is 0 Å². The summed E-state index contributed by atoms with van der Waals surface area (Å²) in [6.07, 6.45) is 1.92. The highest BCUT2D eigenvalue weighted by Crippen LogP contribution is 2.25. The third-order valence-corrected chi connectivity index (χ3v) is 2.94. The molecule has 0 radical (unpaired) electrons. The van der Waals surface area contributed by atoms with Crippen molar-refractivity contribution in [2.24, 2.45) is 10.7 Å². The van der Waals surface area contributed by atoms with E-state index >= 15 is 0 Å². The lowest BCUT2D eigenvalue weighted by molar-refractivity contribution is 0.571. The van der Waals surface area contributed by atoms with Crippen LogP contribution < -0.4 is 5.73 Å². The predicted molar refractivity (Wildman–Crippen MR) is 72.6 cm³/mol. The van der Waals surface area contributed by atoms with Gasteiger partial charge in [-0.1, -0.05) is 12.1 Å². The Bertz CT molecular complexity index is 721. The van der Waals surface area contributed by atoms with Crippen molar-refractivity contribution in [2.75, 3.05) is 7.05 Å². The van der Waals surface area contributed by atoms with Gasteiger partial charge in [0.15, 0.2) is 11.6 Å². The molecule has 0 fully saturated rings. The number of aromatic amines is 1. The van der Waals surface area contributed by atoms with Crippen molar-refractivity contribution in [2.45, 2.75) is 0 Å². The minimum absolute atomic E-state index is 0.405. The van der Waals surface area contributed by atoms with E-state index in [9.17, 15) is 0 Å². The molecule has 2 heterocycles. The predicted octanol–water partition coefficient (Wildman–Crippen LogP) is 2.76. The van der Waals surface area contributed by atoms with Gasteiger partial charge in [-0.2, -0.15) is 0 Å². The van der Waals surface area contributed by atoms with E-state index in [1.54, 1.807) is 7.05 Å². The smallest absolute Gasteiger partial charge is 0.169 e. The fourth-order valence-electron chi connectivity index (χ4n) is 1.94. The third-order valence-electron chi connectivity index (χ3n) is 2.94. The number of fused-ring (bicyclic) bond motifs is 1. The normalized spacial score (nSPS) is 12.2. The largest absolute Gasteiger partial charge is 0.453 e. The van der Waals surface area contributed by atoms with Crippen LogP contribution in [0.25, 0.3) is 22.2 Å². The van der Waals surface area contributed by atoms with Crippen molar-refractivity contribution in [1.29, 1.82) is 0 Å². The van der Waals surface area contributed by atoms with Crippen LogP contribution in [0.2, 0.25) is 0 Å². The number of aromatic nitrogens is 1. The zero-order valence-corrected chi connectivity index (χ0v) is 9.97. The molecule has 4 nitrogen and oxygen atoms in total. The van der Waals surface area contributed by atoms with E-state index in [0.29, 0.717) is 11.6 Å². The van der Waals surface area contributed by atoms with Gasteiger partial charge in [-0.25, -0.2) is 0 Å². The number of benzene rings is 1. The average molecular weight is 239 g/mol. The lowest BCUT2D eigenvalue weighted by Crippen LogP contribution is -2.11. The van der Waals surface area contributed by atoms with Gasteiger partial charge in [-0.3, -0.25) is 4.99 Å². The molecule has 0 spiro atoms. The Labute approximate surface area is 104 Å². The fraction of sp³-hybridized carbons (Fsp3) is 0.0714. The maximum atomic E-state index is 5.71. The lowest BCUT2D eigenvalue weighted by Gasteiger charge is -1.98. The highest BCUT2D eigenvalue weighted by molar-refractivity contribution is 5.95. The Morgan fingerprint density at radius 3 is 2.94 bits per heavy atom. The average Bonchev–Trinajstić information content (AvgIpc) is 3.05. The first-order chi connectivity index (χ1) is 8.78. The maximum absolute atomic E-state index is 5.71. The molecule has 2 aromatic heterocycles. The van der Waals surface area contributed by atoms with Crippen LogP contribution in [0.15, 0.2) is 52.0 Å². The Balaban J connectivity index is 2.05. The molecule has 3 aromatic rings. The molecule has 90 valence electrons. The first-order valence-electron chi connectivity index (χ1n) is 5.68. The van der Waals surface area contributed by atoms with Crippen LogP contribution in [-0.4, -0.2) is 17.9 Å². The highest BCUT2D eigenvalue weighted by Gasteiger charge is 2.08. The number of furan rings is 1. The Kier molecular flexibility index (Phi) is 2.41. The maximum Gasteiger partial charge on any atom is 0.169 e. The number of nitrogens with one attached hydrogen (secondary N) is 1. The second-order valence-electron chi connectivity index (χ2n) is 4.05. The molecule has 0 aliphatic rings. The molecule has 0 bridgehead atoms. The molecular formula is C14H13N3O. The van der Waals surface area contributed by atoms with E-state index in [0.717, 1.165) is 16.8 Å². The molecule has 0 amide bonds. The number of hydrogen-bond acceptors (Lipinski definition) is 2. The molecule has 0 aliphatic carbocycles. The summed E-state index contributed by atoms with van der Waals surface area (Å²) in [5.74, 6) is 1.79. The van der Waals surface area contributed by atoms with Gasteiger partial charge in [0.05, 0.1) is 0 Å². The molecular weight excluding hydrogens is 226 g/mol. The van der Waals surface area contributed by atoms with Gasteiger partial charge >= 0.3 is 0 Å².